The number of carboxylic acids is 1. The Labute approximate surface area is 134 Å². The van der Waals surface area contributed by atoms with Gasteiger partial charge in [-0.15, -0.1) is 0 Å². The molecule has 0 spiro atoms. The fourth-order valence-electron chi connectivity index (χ4n) is 2.44. The summed E-state index contributed by atoms with van der Waals surface area (Å²) in [7, 11) is 0. The fraction of sp³-hybridized carbons (Fsp3) is 0.632. The molecule has 1 rings (SSSR count). The lowest BCUT2D eigenvalue weighted by molar-refractivity contribution is 0.0695. The number of aromatic carboxylic acids is 1. The average molecular weight is 306 g/mol. The molecule has 22 heavy (non-hydrogen) atoms. The Morgan fingerprint density at radius 3 is 2.09 bits per heavy atom. The van der Waals surface area contributed by atoms with Gasteiger partial charge in [0.2, 0.25) is 0 Å². The van der Waals surface area contributed by atoms with Crippen LogP contribution in [0.1, 0.15) is 76.4 Å². The van der Waals surface area contributed by atoms with E-state index in [2.05, 4.69) is 27.7 Å². The third-order valence-corrected chi connectivity index (χ3v) is 4.59. The smallest absolute Gasteiger partial charge is 0.335 e. The van der Waals surface area contributed by atoms with E-state index in [4.69, 9.17) is 0 Å². The molecule has 0 bridgehead atoms. The Balaban J connectivity index is 3.15. The van der Waals surface area contributed by atoms with E-state index in [-0.39, 0.29) is 16.6 Å². The first-order valence-corrected chi connectivity index (χ1v) is 7.93. The summed E-state index contributed by atoms with van der Waals surface area (Å²) in [5.74, 6) is -0.265. The number of benzene rings is 1. The molecule has 0 aromatic heterocycles. The molecule has 1 aromatic rings. The molecule has 0 aliphatic heterocycles. The monoisotopic (exact) mass is 306 g/mol. The molecule has 3 heteroatoms. The van der Waals surface area contributed by atoms with Crippen LogP contribution in [0.15, 0.2) is 12.1 Å². The van der Waals surface area contributed by atoms with Crippen LogP contribution in [0.2, 0.25) is 0 Å². The number of aromatic hydroxyl groups is 1. The van der Waals surface area contributed by atoms with Crippen LogP contribution in [-0.2, 0) is 11.8 Å². The number of hydrogen-bond acceptors (Lipinski definition) is 2. The van der Waals surface area contributed by atoms with Crippen LogP contribution in [0.3, 0.4) is 0 Å². The normalized spacial score (nSPS) is 14.0. The van der Waals surface area contributed by atoms with Gasteiger partial charge in [0.1, 0.15) is 5.75 Å². The summed E-state index contributed by atoms with van der Waals surface area (Å²) in [5, 5.41) is 19.8. The fourth-order valence-corrected chi connectivity index (χ4v) is 2.44. The van der Waals surface area contributed by atoms with E-state index < -0.39 is 5.97 Å². The van der Waals surface area contributed by atoms with Gasteiger partial charge in [-0.05, 0) is 47.3 Å². The van der Waals surface area contributed by atoms with Gasteiger partial charge >= 0.3 is 5.97 Å². The molecule has 1 atom stereocenters. The molecule has 3 nitrogen and oxygen atoms in total. The van der Waals surface area contributed by atoms with Crippen molar-refractivity contribution in [1.82, 2.24) is 0 Å². The van der Waals surface area contributed by atoms with Gasteiger partial charge in [0, 0.05) is 5.56 Å². The Hall–Kier alpha value is -1.51. The first-order chi connectivity index (χ1) is 9.84. The third-order valence-electron chi connectivity index (χ3n) is 4.59. The van der Waals surface area contributed by atoms with Crippen LogP contribution in [-0.4, -0.2) is 16.2 Å². The minimum Gasteiger partial charge on any atom is -0.508 e. The SMILES string of the molecule is CC(CCc1cc(O)c(C(C)(C)C)cc1C(=O)O)C(C)(C)C. The average Bonchev–Trinajstić information content (AvgIpc) is 2.32. The van der Waals surface area contributed by atoms with Gasteiger partial charge in [-0.3, -0.25) is 0 Å². The van der Waals surface area contributed by atoms with Crippen LogP contribution >= 0.6 is 0 Å². The van der Waals surface area contributed by atoms with E-state index >= 15 is 0 Å². The van der Waals surface area contributed by atoms with Crippen LogP contribution in [0.4, 0.5) is 0 Å². The molecular weight excluding hydrogens is 276 g/mol. The van der Waals surface area contributed by atoms with Crippen molar-refractivity contribution in [2.75, 3.05) is 0 Å². The summed E-state index contributed by atoms with van der Waals surface area (Å²) in [5.41, 5.74) is 1.61. The maximum atomic E-state index is 11.6. The highest BCUT2D eigenvalue weighted by Gasteiger charge is 2.24. The molecule has 0 fully saturated rings. The lowest BCUT2D eigenvalue weighted by Gasteiger charge is -2.27. The van der Waals surface area contributed by atoms with Crippen molar-refractivity contribution in [3.8, 4) is 5.75 Å². The lowest BCUT2D eigenvalue weighted by atomic mass is 9.78. The van der Waals surface area contributed by atoms with Crippen molar-refractivity contribution in [3.05, 3.63) is 28.8 Å². The number of carbonyl (C=O) groups is 1. The highest BCUT2D eigenvalue weighted by Crippen LogP contribution is 2.35. The first kappa shape index (κ1) is 18.5. The number of carboxylic acid groups (broad SMARTS) is 1. The zero-order valence-corrected chi connectivity index (χ0v) is 14.9. The maximum Gasteiger partial charge on any atom is 0.335 e. The van der Waals surface area contributed by atoms with Crippen molar-refractivity contribution in [2.45, 2.75) is 66.7 Å². The molecule has 0 saturated heterocycles. The van der Waals surface area contributed by atoms with Crippen molar-refractivity contribution < 1.29 is 15.0 Å². The molecule has 1 unspecified atom stereocenters. The molecule has 0 radical (unpaired) electrons. The lowest BCUT2D eigenvalue weighted by Crippen LogP contribution is -2.19. The molecular formula is C19H30O3. The van der Waals surface area contributed by atoms with Crippen LogP contribution in [0, 0.1) is 11.3 Å². The molecule has 0 heterocycles. The topological polar surface area (TPSA) is 57.5 Å². The molecule has 0 saturated carbocycles. The molecule has 1 aromatic carbocycles. The van der Waals surface area contributed by atoms with Crippen LogP contribution in [0.25, 0.3) is 0 Å². The van der Waals surface area contributed by atoms with Gasteiger partial charge in [-0.2, -0.15) is 0 Å². The second-order valence-corrected chi connectivity index (χ2v) is 8.39. The van der Waals surface area contributed by atoms with Crippen molar-refractivity contribution >= 4 is 5.97 Å². The van der Waals surface area contributed by atoms with Gasteiger partial charge < -0.3 is 10.2 Å². The van der Waals surface area contributed by atoms with Crippen LogP contribution in [0.5, 0.6) is 5.75 Å². The maximum absolute atomic E-state index is 11.6. The van der Waals surface area contributed by atoms with E-state index in [0.29, 0.717) is 29.0 Å². The van der Waals surface area contributed by atoms with E-state index in [0.717, 1.165) is 6.42 Å². The van der Waals surface area contributed by atoms with Crippen molar-refractivity contribution in [1.29, 1.82) is 0 Å². The number of hydrogen-bond donors (Lipinski definition) is 2. The van der Waals surface area contributed by atoms with Crippen LogP contribution < -0.4 is 0 Å². The molecule has 124 valence electrons. The summed E-state index contributed by atoms with van der Waals surface area (Å²) in [6, 6.07) is 3.27. The summed E-state index contributed by atoms with van der Waals surface area (Å²) < 4.78 is 0. The number of rotatable bonds is 4. The minimum absolute atomic E-state index is 0.191. The quantitative estimate of drug-likeness (QED) is 0.822. The number of phenols is 1. The zero-order chi connectivity index (χ0) is 17.3. The second kappa shape index (κ2) is 6.31. The largest absolute Gasteiger partial charge is 0.508 e. The van der Waals surface area contributed by atoms with Crippen molar-refractivity contribution in [2.24, 2.45) is 11.3 Å². The van der Waals surface area contributed by atoms with Gasteiger partial charge in [0.05, 0.1) is 5.56 Å². The predicted molar refractivity (Wildman–Crippen MR) is 90.7 cm³/mol. The van der Waals surface area contributed by atoms with Crippen molar-refractivity contribution in [3.63, 3.8) is 0 Å². The summed E-state index contributed by atoms with van der Waals surface area (Å²) in [4.78, 5) is 11.6. The third kappa shape index (κ3) is 4.49. The standard InChI is InChI=1S/C19H30O3/c1-12(18(2,3)4)8-9-13-10-16(20)15(19(5,6)7)11-14(13)17(21)22/h10-12,20H,8-9H2,1-7H3,(H,21,22). The second-order valence-electron chi connectivity index (χ2n) is 8.39. The van der Waals surface area contributed by atoms with Gasteiger partial charge in [-0.1, -0.05) is 48.5 Å². The van der Waals surface area contributed by atoms with E-state index in [1.807, 2.05) is 20.8 Å². The Morgan fingerprint density at radius 1 is 1.14 bits per heavy atom. The Morgan fingerprint density at radius 2 is 1.68 bits per heavy atom. The number of aryl methyl sites for hydroxylation is 1. The molecule has 0 aliphatic carbocycles. The van der Waals surface area contributed by atoms with Gasteiger partial charge in [0.25, 0.3) is 0 Å². The van der Waals surface area contributed by atoms with Gasteiger partial charge in [-0.25, -0.2) is 4.79 Å². The highest BCUT2D eigenvalue weighted by molar-refractivity contribution is 5.90. The van der Waals surface area contributed by atoms with Gasteiger partial charge in [0.15, 0.2) is 0 Å². The van der Waals surface area contributed by atoms with E-state index in [9.17, 15) is 15.0 Å². The van der Waals surface area contributed by atoms with E-state index in [1.165, 1.54) is 0 Å². The Bertz CT molecular complexity index is 545. The molecule has 2 N–H and O–H groups in total. The molecule has 0 aliphatic rings. The summed E-state index contributed by atoms with van der Waals surface area (Å²) in [6.07, 6.45) is 1.57. The zero-order valence-electron chi connectivity index (χ0n) is 14.9. The van der Waals surface area contributed by atoms with E-state index in [1.54, 1.807) is 12.1 Å². The minimum atomic E-state index is -0.927. The number of phenolic OH excluding ortho intramolecular Hbond substituents is 1. The predicted octanol–water partition coefficient (Wildman–Crippen LogP) is 5.00. The summed E-state index contributed by atoms with van der Waals surface area (Å²) in [6.45, 7) is 14.7. The Kier molecular flexibility index (Phi) is 5.32. The molecule has 0 amide bonds. The highest BCUT2D eigenvalue weighted by atomic mass is 16.4. The summed E-state index contributed by atoms with van der Waals surface area (Å²) >= 11 is 0. The first-order valence-electron chi connectivity index (χ1n) is 7.93.